The van der Waals surface area contributed by atoms with Crippen molar-refractivity contribution in [3.63, 3.8) is 0 Å². The van der Waals surface area contributed by atoms with Crippen LogP contribution in [0.2, 0.25) is 0 Å². The van der Waals surface area contributed by atoms with Crippen LogP contribution in [0.5, 0.6) is 0 Å². The molecular formula is C15H27N. The lowest BCUT2D eigenvalue weighted by Crippen LogP contribution is -2.22. The minimum Gasteiger partial charge on any atom is -0.261 e. The molecule has 0 aromatic carbocycles. The summed E-state index contributed by atoms with van der Waals surface area (Å²) in [5, 5.41) is 0. The number of hydrogen-bond acceptors (Lipinski definition) is 1. The molecule has 0 N–H and O–H groups in total. The first-order valence-corrected chi connectivity index (χ1v) is 6.33. The Morgan fingerprint density at radius 3 is 2.12 bits per heavy atom. The van der Waals surface area contributed by atoms with Gasteiger partial charge >= 0.3 is 0 Å². The van der Waals surface area contributed by atoms with E-state index in [1.807, 2.05) is 27.0 Å². The molecule has 0 saturated carbocycles. The molecule has 92 valence electrons. The van der Waals surface area contributed by atoms with E-state index in [-0.39, 0.29) is 0 Å². The zero-order valence-electron chi connectivity index (χ0n) is 12.0. The molecular weight excluding hydrogens is 194 g/mol. The second-order valence-corrected chi connectivity index (χ2v) is 5.13. The standard InChI is InChI=1S/C13H21N.C2H6/c1-10(2)13(4,5)8-12-7-6-11(3)14-9-12;1-2/h6-7,9-10H,8H2,1-5H3;1-2H3. The summed E-state index contributed by atoms with van der Waals surface area (Å²) in [6, 6.07) is 4.28. The predicted octanol–water partition coefficient (Wildman–Crippen LogP) is 4.64. The van der Waals surface area contributed by atoms with Gasteiger partial charge in [0.1, 0.15) is 0 Å². The molecule has 0 atom stereocenters. The summed E-state index contributed by atoms with van der Waals surface area (Å²) in [4.78, 5) is 4.32. The lowest BCUT2D eigenvalue weighted by molar-refractivity contribution is 0.248. The highest BCUT2D eigenvalue weighted by Crippen LogP contribution is 2.30. The summed E-state index contributed by atoms with van der Waals surface area (Å²) >= 11 is 0. The zero-order chi connectivity index (χ0) is 12.8. The van der Waals surface area contributed by atoms with Crippen LogP contribution >= 0.6 is 0 Å². The van der Waals surface area contributed by atoms with Crippen molar-refractivity contribution in [1.82, 2.24) is 4.98 Å². The minimum atomic E-state index is 0.358. The van der Waals surface area contributed by atoms with Gasteiger partial charge < -0.3 is 0 Å². The molecule has 0 aliphatic heterocycles. The normalized spacial score (nSPS) is 11.0. The Bertz CT molecular complexity index is 283. The van der Waals surface area contributed by atoms with Gasteiger partial charge in [-0.2, -0.15) is 0 Å². The summed E-state index contributed by atoms with van der Waals surface area (Å²) in [6.07, 6.45) is 3.11. The third-order valence-corrected chi connectivity index (χ3v) is 3.20. The maximum atomic E-state index is 4.32. The number of rotatable bonds is 3. The van der Waals surface area contributed by atoms with Crippen molar-refractivity contribution in [2.24, 2.45) is 11.3 Å². The van der Waals surface area contributed by atoms with Gasteiger partial charge in [-0.15, -0.1) is 0 Å². The quantitative estimate of drug-likeness (QED) is 0.724. The average Bonchev–Trinajstić information content (AvgIpc) is 2.24. The number of pyridine rings is 1. The molecule has 0 bridgehead atoms. The lowest BCUT2D eigenvalue weighted by Gasteiger charge is -2.29. The van der Waals surface area contributed by atoms with Crippen molar-refractivity contribution in [2.45, 2.75) is 54.9 Å². The summed E-state index contributed by atoms with van der Waals surface area (Å²) in [5.41, 5.74) is 2.79. The van der Waals surface area contributed by atoms with E-state index in [1.54, 1.807) is 0 Å². The molecule has 1 rings (SSSR count). The van der Waals surface area contributed by atoms with Gasteiger partial charge in [0.25, 0.3) is 0 Å². The van der Waals surface area contributed by atoms with Gasteiger partial charge in [-0.05, 0) is 36.3 Å². The largest absolute Gasteiger partial charge is 0.261 e. The van der Waals surface area contributed by atoms with Crippen molar-refractivity contribution in [3.05, 3.63) is 29.6 Å². The Hall–Kier alpha value is -0.850. The molecule has 0 aliphatic rings. The highest BCUT2D eigenvalue weighted by atomic mass is 14.7. The van der Waals surface area contributed by atoms with E-state index in [0.717, 1.165) is 12.1 Å². The zero-order valence-corrected chi connectivity index (χ0v) is 12.0. The number of hydrogen-bond donors (Lipinski definition) is 0. The van der Waals surface area contributed by atoms with E-state index in [0.29, 0.717) is 11.3 Å². The lowest BCUT2D eigenvalue weighted by atomic mass is 9.76. The molecule has 0 fully saturated rings. The van der Waals surface area contributed by atoms with Crippen LogP contribution in [0.15, 0.2) is 18.3 Å². The van der Waals surface area contributed by atoms with Crippen LogP contribution in [0.1, 0.15) is 52.8 Å². The number of aromatic nitrogens is 1. The fourth-order valence-corrected chi connectivity index (χ4v) is 1.33. The first-order valence-electron chi connectivity index (χ1n) is 6.33. The van der Waals surface area contributed by atoms with Crippen LogP contribution in [-0.4, -0.2) is 4.98 Å². The van der Waals surface area contributed by atoms with Crippen molar-refractivity contribution in [2.75, 3.05) is 0 Å². The highest BCUT2D eigenvalue weighted by Gasteiger charge is 2.22. The van der Waals surface area contributed by atoms with Crippen molar-refractivity contribution >= 4 is 0 Å². The van der Waals surface area contributed by atoms with E-state index in [9.17, 15) is 0 Å². The van der Waals surface area contributed by atoms with Crippen molar-refractivity contribution in [3.8, 4) is 0 Å². The maximum Gasteiger partial charge on any atom is 0.0372 e. The molecule has 16 heavy (non-hydrogen) atoms. The van der Waals surface area contributed by atoms with Gasteiger partial charge in [0.05, 0.1) is 0 Å². The van der Waals surface area contributed by atoms with E-state index >= 15 is 0 Å². The van der Waals surface area contributed by atoms with E-state index in [1.165, 1.54) is 5.56 Å². The Morgan fingerprint density at radius 2 is 1.75 bits per heavy atom. The number of aryl methyl sites for hydroxylation is 1. The van der Waals surface area contributed by atoms with Crippen LogP contribution in [0.4, 0.5) is 0 Å². The van der Waals surface area contributed by atoms with Gasteiger partial charge in [0.15, 0.2) is 0 Å². The van der Waals surface area contributed by atoms with Crippen LogP contribution < -0.4 is 0 Å². The Balaban J connectivity index is 0.00000106. The second-order valence-electron chi connectivity index (χ2n) is 5.13. The SMILES string of the molecule is CC.Cc1ccc(CC(C)(C)C(C)C)cn1. The second kappa shape index (κ2) is 6.67. The topological polar surface area (TPSA) is 12.9 Å². The van der Waals surface area contributed by atoms with E-state index < -0.39 is 0 Å². The molecule has 1 nitrogen and oxygen atoms in total. The number of nitrogens with zero attached hydrogens (tertiary/aromatic N) is 1. The monoisotopic (exact) mass is 221 g/mol. The third-order valence-electron chi connectivity index (χ3n) is 3.20. The molecule has 0 saturated heterocycles. The summed E-state index contributed by atoms with van der Waals surface area (Å²) < 4.78 is 0. The van der Waals surface area contributed by atoms with Gasteiger partial charge in [0, 0.05) is 11.9 Å². The van der Waals surface area contributed by atoms with Crippen LogP contribution in [0.25, 0.3) is 0 Å². The summed E-state index contributed by atoms with van der Waals surface area (Å²) in [6.45, 7) is 15.2. The third kappa shape index (κ3) is 4.78. The van der Waals surface area contributed by atoms with Crippen LogP contribution in [-0.2, 0) is 6.42 Å². The smallest absolute Gasteiger partial charge is 0.0372 e. The summed E-state index contributed by atoms with van der Waals surface area (Å²) in [7, 11) is 0. The van der Waals surface area contributed by atoms with Gasteiger partial charge in [-0.3, -0.25) is 4.98 Å². The van der Waals surface area contributed by atoms with Crippen LogP contribution in [0, 0.1) is 18.3 Å². The molecule has 1 heterocycles. The highest BCUT2D eigenvalue weighted by molar-refractivity contribution is 5.14. The molecule has 1 heteroatoms. The fourth-order valence-electron chi connectivity index (χ4n) is 1.33. The maximum absolute atomic E-state index is 4.32. The van der Waals surface area contributed by atoms with Gasteiger partial charge in [-0.1, -0.05) is 47.6 Å². The first kappa shape index (κ1) is 15.2. The molecule has 0 spiro atoms. The van der Waals surface area contributed by atoms with Crippen molar-refractivity contribution in [1.29, 1.82) is 0 Å². The Labute approximate surface area is 101 Å². The van der Waals surface area contributed by atoms with E-state index in [2.05, 4.69) is 44.8 Å². The molecule has 0 amide bonds. The van der Waals surface area contributed by atoms with Gasteiger partial charge in [-0.25, -0.2) is 0 Å². The van der Waals surface area contributed by atoms with Crippen LogP contribution in [0.3, 0.4) is 0 Å². The molecule has 1 aromatic heterocycles. The first-order chi connectivity index (χ1) is 7.42. The molecule has 0 unspecified atom stereocenters. The fraction of sp³-hybridized carbons (Fsp3) is 0.667. The van der Waals surface area contributed by atoms with Gasteiger partial charge in [0.2, 0.25) is 0 Å². The Kier molecular flexibility index (Phi) is 6.32. The molecule has 0 radical (unpaired) electrons. The Morgan fingerprint density at radius 1 is 1.19 bits per heavy atom. The molecule has 1 aromatic rings. The predicted molar refractivity (Wildman–Crippen MR) is 72.6 cm³/mol. The summed E-state index contributed by atoms with van der Waals surface area (Å²) in [5.74, 6) is 0.698. The van der Waals surface area contributed by atoms with Crippen molar-refractivity contribution < 1.29 is 0 Å². The average molecular weight is 221 g/mol. The molecule has 0 aliphatic carbocycles. The minimum absolute atomic E-state index is 0.358. The van der Waals surface area contributed by atoms with E-state index in [4.69, 9.17) is 0 Å².